The number of amides is 1. The SMILES string of the molecule is CCN(C(=O)CC(C)(C)C)C(C)c1nc2ccccc2c(=O)n1C. The Morgan fingerprint density at radius 2 is 1.92 bits per heavy atom. The number of carbonyl (C=O) groups is 1. The van der Waals surface area contributed by atoms with Crippen LogP contribution >= 0.6 is 0 Å². The lowest BCUT2D eigenvalue weighted by atomic mass is 9.91. The Kier molecular flexibility index (Phi) is 5.11. The molecule has 2 rings (SSSR count). The van der Waals surface area contributed by atoms with Crippen molar-refractivity contribution in [2.45, 2.75) is 47.1 Å². The first-order chi connectivity index (χ1) is 11.2. The summed E-state index contributed by atoms with van der Waals surface area (Å²) in [5, 5.41) is 0.597. The summed E-state index contributed by atoms with van der Waals surface area (Å²) in [5.74, 6) is 0.697. The maximum atomic E-state index is 12.7. The summed E-state index contributed by atoms with van der Waals surface area (Å²) in [5.41, 5.74) is 0.510. The molecular weight excluding hydrogens is 302 g/mol. The lowest BCUT2D eigenvalue weighted by Gasteiger charge is -2.31. The smallest absolute Gasteiger partial charge is 0.261 e. The van der Waals surface area contributed by atoms with Gasteiger partial charge in [-0.15, -0.1) is 0 Å². The van der Waals surface area contributed by atoms with Gasteiger partial charge in [0.15, 0.2) is 0 Å². The number of benzene rings is 1. The molecule has 0 spiro atoms. The molecule has 0 N–H and O–H groups in total. The van der Waals surface area contributed by atoms with Crippen molar-refractivity contribution in [1.82, 2.24) is 14.5 Å². The first-order valence-electron chi connectivity index (χ1n) is 8.41. The van der Waals surface area contributed by atoms with Gasteiger partial charge in [0.2, 0.25) is 5.91 Å². The summed E-state index contributed by atoms with van der Waals surface area (Å²) in [7, 11) is 1.72. The average Bonchev–Trinajstić information content (AvgIpc) is 2.49. The molecule has 5 heteroatoms. The summed E-state index contributed by atoms with van der Waals surface area (Å²) >= 11 is 0. The van der Waals surface area contributed by atoms with E-state index in [9.17, 15) is 9.59 Å². The van der Waals surface area contributed by atoms with Crippen LogP contribution in [-0.2, 0) is 11.8 Å². The number of hydrogen-bond acceptors (Lipinski definition) is 3. The zero-order valence-corrected chi connectivity index (χ0v) is 15.5. The van der Waals surface area contributed by atoms with Gasteiger partial charge in [-0.1, -0.05) is 32.9 Å². The van der Waals surface area contributed by atoms with Gasteiger partial charge in [-0.2, -0.15) is 0 Å². The maximum absolute atomic E-state index is 12.7. The van der Waals surface area contributed by atoms with E-state index in [1.165, 1.54) is 0 Å². The van der Waals surface area contributed by atoms with Crippen LogP contribution in [0.25, 0.3) is 10.9 Å². The van der Waals surface area contributed by atoms with Gasteiger partial charge in [-0.25, -0.2) is 4.98 Å². The molecule has 0 aliphatic heterocycles. The molecule has 24 heavy (non-hydrogen) atoms. The van der Waals surface area contributed by atoms with Crippen molar-refractivity contribution in [1.29, 1.82) is 0 Å². The zero-order valence-electron chi connectivity index (χ0n) is 15.5. The van der Waals surface area contributed by atoms with Crippen LogP contribution in [0.4, 0.5) is 0 Å². The first-order valence-corrected chi connectivity index (χ1v) is 8.41. The Morgan fingerprint density at radius 3 is 2.50 bits per heavy atom. The Hall–Kier alpha value is -2.17. The topological polar surface area (TPSA) is 55.2 Å². The highest BCUT2D eigenvalue weighted by atomic mass is 16.2. The number of carbonyl (C=O) groups excluding carboxylic acids is 1. The molecule has 1 aromatic heterocycles. The van der Waals surface area contributed by atoms with E-state index < -0.39 is 0 Å². The predicted octanol–water partition coefficient (Wildman–Crippen LogP) is 3.28. The fraction of sp³-hybridized carbons (Fsp3) is 0.526. The summed E-state index contributed by atoms with van der Waals surface area (Å²) in [6.45, 7) is 10.6. The first kappa shape index (κ1) is 18.2. The Bertz CT molecular complexity index is 802. The highest BCUT2D eigenvalue weighted by Gasteiger charge is 2.27. The van der Waals surface area contributed by atoms with Crippen molar-refractivity contribution in [2.75, 3.05) is 6.54 Å². The number of hydrogen-bond donors (Lipinski definition) is 0. The molecule has 1 amide bonds. The second kappa shape index (κ2) is 6.75. The Balaban J connectivity index is 2.46. The standard InChI is InChI=1S/C19H27N3O2/c1-7-22(16(23)12-19(3,4)5)13(2)17-20-15-11-9-8-10-14(15)18(24)21(17)6/h8-11,13H,7,12H2,1-6H3. The quantitative estimate of drug-likeness (QED) is 0.865. The molecular formula is C19H27N3O2. The summed E-state index contributed by atoms with van der Waals surface area (Å²) in [4.78, 5) is 31.7. The molecule has 0 radical (unpaired) electrons. The van der Waals surface area contributed by atoms with Crippen molar-refractivity contribution in [3.63, 3.8) is 0 Å². The van der Waals surface area contributed by atoms with Gasteiger partial charge in [0.1, 0.15) is 5.82 Å². The second-order valence-corrected chi connectivity index (χ2v) is 7.44. The molecule has 0 saturated carbocycles. The highest BCUT2D eigenvalue weighted by molar-refractivity contribution is 5.78. The minimum atomic E-state index is -0.257. The van der Waals surface area contributed by atoms with E-state index >= 15 is 0 Å². The molecule has 0 saturated heterocycles. The molecule has 1 unspecified atom stereocenters. The van der Waals surface area contributed by atoms with E-state index in [4.69, 9.17) is 0 Å². The summed E-state index contributed by atoms with van der Waals surface area (Å²) in [6.07, 6.45) is 0.465. The second-order valence-electron chi connectivity index (χ2n) is 7.44. The molecule has 1 atom stereocenters. The van der Waals surface area contributed by atoms with Crippen LogP contribution in [0.15, 0.2) is 29.1 Å². The van der Waals surface area contributed by atoms with E-state index in [1.807, 2.05) is 52.8 Å². The van der Waals surface area contributed by atoms with Gasteiger partial charge in [0.05, 0.1) is 16.9 Å². The van der Waals surface area contributed by atoms with Crippen molar-refractivity contribution in [3.05, 3.63) is 40.4 Å². The molecule has 1 heterocycles. The number of fused-ring (bicyclic) bond motifs is 1. The van der Waals surface area contributed by atoms with E-state index in [0.29, 0.717) is 29.7 Å². The number of rotatable bonds is 4. The van der Waals surface area contributed by atoms with Gasteiger partial charge >= 0.3 is 0 Å². The fourth-order valence-corrected chi connectivity index (χ4v) is 2.97. The van der Waals surface area contributed by atoms with Crippen LogP contribution < -0.4 is 5.56 Å². The third-order valence-corrected chi connectivity index (χ3v) is 4.20. The molecule has 130 valence electrons. The van der Waals surface area contributed by atoms with Gasteiger partial charge in [-0.3, -0.25) is 14.2 Å². The van der Waals surface area contributed by atoms with Crippen molar-refractivity contribution < 1.29 is 4.79 Å². The molecule has 0 bridgehead atoms. The minimum absolute atomic E-state index is 0.0765. The Labute approximate surface area is 143 Å². The van der Waals surface area contributed by atoms with Crippen LogP contribution in [-0.4, -0.2) is 26.9 Å². The fourth-order valence-electron chi connectivity index (χ4n) is 2.97. The van der Waals surface area contributed by atoms with E-state index in [-0.39, 0.29) is 22.9 Å². The van der Waals surface area contributed by atoms with Gasteiger partial charge in [0.25, 0.3) is 5.56 Å². The molecule has 5 nitrogen and oxygen atoms in total. The maximum Gasteiger partial charge on any atom is 0.261 e. The van der Waals surface area contributed by atoms with Crippen LogP contribution in [0.2, 0.25) is 0 Å². The Morgan fingerprint density at radius 1 is 1.29 bits per heavy atom. The van der Waals surface area contributed by atoms with Gasteiger partial charge in [0, 0.05) is 20.0 Å². The molecule has 2 aromatic rings. The number of aromatic nitrogens is 2. The third kappa shape index (κ3) is 3.66. The predicted molar refractivity (Wildman–Crippen MR) is 96.9 cm³/mol. The van der Waals surface area contributed by atoms with E-state index in [0.717, 1.165) is 0 Å². The number of nitrogens with zero attached hydrogens (tertiary/aromatic N) is 3. The minimum Gasteiger partial charge on any atom is -0.333 e. The van der Waals surface area contributed by atoms with Crippen molar-refractivity contribution >= 4 is 16.8 Å². The van der Waals surface area contributed by atoms with Crippen LogP contribution in [0.3, 0.4) is 0 Å². The normalized spacial score (nSPS) is 13.1. The molecule has 1 aromatic carbocycles. The third-order valence-electron chi connectivity index (χ3n) is 4.20. The van der Waals surface area contributed by atoms with E-state index in [1.54, 1.807) is 22.6 Å². The summed E-state index contributed by atoms with van der Waals surface area (Å²) < 4.78 is 1.56. The summed E-state index contributed by atoms with van der Waals surface area (Å²) in [6, 6.07) is 7.06. The van der Waals surface area contributed by atoms with Crippen molar-refractivity contribution in [2.24, 2.45) is 12.5 Å². The molecule has 0 aliphatic carbocycles. The van der Waals surface area contributed by atoms with Crippen LogP contribution in [0.5, 0.6) is 0 Å². The average molecular weight is 329 g/mol. The largest absolute Gasteiger partial charge is 0.333 e. The zero-order chi connectivity index (χ0) is 18.1. The van der Waals surface area contributed by atoms with Gasteiger partial charge in [-0.05, 0) is 31.4 Å². The molecule has 0 aliphatic rings. The number of para-hydroxylation sites is 1. The van der Waals surface area contributed by atoms with Crippen LogP contribution in [0, 0.1) is 5.41 Å². The van der Waals surface area contributed by atoms with Gasteiger partial charge < -0.3 is 4.90 Å². The van der Waals surface area contributed by atoms with Crippen molar-refractivity contribution in [3.8, 4) is 0 Å². The monoisotopic (exact) mass is 329 g/mol. The van der Waals surface area contributed by atoms with E-state index in [2.05, 4.69) is 4.98 Å². The highest BCUT2D eigenvalue weighted by Crippen LogP contribution is 2.25. The lowest BCUT2D eigenvalue weighted by molar-refractivity contribution is -0.135. The van der Waals surface area contributed by atoms with Crippen LogP contribution in [0.1, 0.15) is 52.9 Å². The lowest BCUT2D eigenvalue weighted by Crippen LogP contribution is -2.38. The molecule has 0 fully saturated rings.